The number of rotatable bonds is 4. The molecule has 0 atom stereocenters. The average Bonchev–Trinajstić information content (AvgIpc) is 2.41. The van der Waals surface area contributed by atoms with E-state index in [2.05, 4.69) is 15.3 Å². The molecular weight excluding hydrogens is 244 g/mol. The van der Waals surface area contributed by atoms with Crippen LogP contribution in [0.3, 0.4) is 0 Å². The summed E-state index contributed by atoms with van der Waals surface area (Å²) in [5.74, 6) is 0.439. The van der Waals surface area contributed by atoms with Crippen LogP contribution in [0, 0.1) is 19.3 Å². The van der Waals surface area contributed by atoms with Crippen LogP contribution in [0.2, 0.25) is 0 Å². The number of ether oxygens (including phenoxy) is 1. The Balaban J connectivity index is 2.10. The van der Waals surface area contributed by atoms with Crippen molar-refractivity contribution >= 4 is 11.7 Å². The molecule has 1 aliphatic heterocycles. The Morgan fingerprint density at radius 3 is 2.79 bits per heavy atom. The molecular formula is C13H20N4O2. The second-order valence-electron chi connectivity index (χ2n) is 5.06. The lowest BCUT2D eigenvalue weighted by Gasteiger charge is -2.34. The second kappa shape index (κ2) is 5.52. The van der Waals surface area contributed by atoms with Gasteiger partial charge in [-0.15, -0.1) is 0 Å². The average molecular weight is 264 g/mol. The molecule has 0 saturated carbocycles. The van der Waals surface area contributed by atoms with Crippen molar-refractivity contribution in [2.75, 3.05) is 25.1 Å². The summed E-state index contributed by atoms with van der Waals surface area (Å²) in [4.78, 5) is 20.4. The molecule has 1 saturated heterocycles. The molecule has 3 N–H and O–H groups in total. The van der Waals surface area contributed by atoms with Crippen LogP contribution in [-0.4, -0.2) is 35.6 Å². The number of amides is 1. The normalized spacial score (nSPS) is 18.0. The van der Waals surface area contributed by atoms with Gasteiger partial charge in [0, 0.05) is 26.0 Å². The van der Waals surface area contributed by atoms with Gasteiger partial charge in [-0.3, -0.25) is 9.78 Å². The van der Waals surface area contributed by atoms with Crippen LogP contribution in [0.4, 0.5) is 5.82 Å². The third-order valence-electron chi connectivity index (χ3n) is 3.64. The maximum Gasteiger partial charge on any atom is 0.225 e. The van der Waals surface area contributed by atoms with Gasteiger partial charge in [-0.2, -0.15) is 0 Å². The van der Waals surface area contributed by atoms with Crippen LogP contribution < -0.4 is 11.1 Å². The number of aromatic nitrogens is 2. The van der Waals surface area contributed by atoms with Gasteiger partial charge in [0.15, 0.2) is 0 Å². The van der Waals surface area contributed by atoms with Gasteiger partial charge in [0.25, 0.3) is 0 Å². The standard InChI is InChI=1S/C13H20N4O2/c1-9-7-15-10(2)11(17-9)16-8-13(12(14)18)3-5-19-6-4-13/h7H,3-6,8H2,1-2H3,(H2,14,18)(H,16,17). The third-order valence-corrected chi connectivity index (χ3v) is 3.64. The highest BCUT2D eigenvalue weighted by atomic mass is 16.5. The Labute approximate surface area is 112 Å². The van der Waals surface area contributed by atoms with Gasteiger partial charge in [-0.25, -0.2) is 4.98 Å². The van der Waals surface area contributed by atoms with Gasteiger partial charge >= 0.3 is 0 Å². The Kier molecular flexibility index (Phi) is 3.99. The van der Waals surface area contributed by atoms with E-state index in [9.17, 15) is 4.79 Å². The quantitative estimate of drug-likeness (QED) is 0.839. The lowest BCUT2D eigenvalue weighted by molar-refractivity contribution is -0.132. The van der Waals surface area contributed by atoms with Crippen LogP contribution >= 0.6 is 0 Å². The van der Waals surface area contributed by atoms with E-state index in [1.54, 1.807) is 6.20 Å². The zero-order valence-electron chi connectivity index (χ0n) is 11.4. The minimum absolute atomic E-state index is 0.276. The molecule has 0 aliphatic carbocycles. The van der Waals surface area contributed by atoms with Gasteiger partial charge < -0.3 is 15.8 Å². The maximum atomic E-state index is 11.7. The van der Waals surface area contributed by atoms with E-state index >= 15 is 0 Å². The van der Waals surface area contributed by atoms with Gasteiger partial charge in [-0.05, 0) is 26.7 Å². The van der Waals surface area contributed by atoms with Crippen molar-refractivity contribution in [1.82, 2.24) is 9.97 Å². The third kappa shape index (κ3) is 3.01. The molecule has 0 aromatic carbocycles. The van der Waals surface area contributed by atoms with Gasteiger partial charge in [0.05, 0.1) is 16.8 Å². The Morgan fingerprint density at radius 2 is 2.16 bits per heavy atom. The Hall–Kier alpha value is -1.69. The van der Waals surface area contributed by atoms with E-state index in [0.717, 1.165) is 11.4 Å². The summed E-state index contributed by atoms with van der Waals surface area (Å²) in [7, 11) is 0. The summed E-state index contributed by atoms with van der Waals surface area (Å²) in [5.41, 5.74) is 6.68. The van der Waals surface area contributed by atoms with E-state index in [1.807, 2.05) is 13.8 Å². The molecule has 0 unspecified atom stereocenters. The van der Waals surface area contributed by atoms with E-state index in [-0.39, 0.29) is 5.91 Å². The summed E-state index contributed by atoms with van der Waals surface area (Å²) in [6.45, 7) is 5.39. The minimum atomic E-state index is -0.546. The first-order valence-corrected chi connectivity index (χ1v) is 6.45. The van der Waals surface area contributed by atoms with E-state index in [0.29, 0.717) is 38.4 Å². The monoisotopic (exact) mass is 264 g/mol. The first-order valence-electron chi connectivity index (χ1n) is 6.45. The van der Waals surface area contributed by atoms with Crippen LogP contribution in [0.15, 0.2) is 6.20 Å². The summed E-state index contributed by atoms with van der Waals surface area (Å²) in [5, 5.41) is 3.22. The van der Waals surface area contributed by atoms with E-state index in [4.69, 9.17) is 10.5 Å². The molecule has 6 heteroatoms. The molecule has 2 rings (SSSR count). The molecule has 104 valence electrons. The number of nitrogens with two attached hydrogens (primary N) is 1. The molecule has 1 fully saturated rings. The first-order chi connectivity index (χ1) is 9.03. The highest BCUT2D eigenvalue weighted by Crippen LogP contribution is 2.30. The highest BCUT2D eigenvalue weighted by Gasteiger charge is 2.38. The number of carbonyl (C=O) groups is 1. The molecule has 1 aliphatic rings. The van der Waals surface area contributed by atoms with Crippen LogP contribution in [-0.2, 0) is 9.53 Å². The predicted octanol–water partition coefficient (Wildman–Crippen LogP) is 0.787. The Morgan fingerprint density at radius 1 is 1.47 bits per heavy atom. The second-order valence-corrected chi connectivity index (χ2v) is 5.06. The zero-order chi connectivity index (χ0) is 13.9. The van der Waals surface area contributed by atoms with E-state index in [1.165, 1.54) is 0 Å². The number of hydrogen-bond acceptors (Lipinski definition) is 5. The summed E-state index contributed by atoms with van der Waals surface area (Å²) in [6, 6.07) is 0. The van der Waals surface area contributed by atoms with E-state index < -0.39 is 5.41 Å². The van der Waals surface area contributed by atoms with Crippen molar-refractivity contribution in [3.63, 3.8) is 0 Å². The SMILES string of the molecule is Cc1cnc(C)c(NCC2(C(N)=O)CCOCC2)n1. The van der Waals surface area contributed by atoms with Crippen molar-refractivity contribution in [2.45, 2.75) is 26.7 Å². The van der Waals surface area contributed by atoms with Gasteiger partial charge in [0.2, 0.25) is 5.91 Å². The number of primary amides is 1. The number of nitrogens with one attached hydrogen (secondary N) is 1. The maximum absolute atomic E-state index is 11.7. The lowest BCUT2D eigenvalue weighted by Crippen LogP contribution is -2.46. The molecule has 1 aromatic rings. The number of anilines is 1. The molecule has 6 nitrogen and oxygen atoms in total. The summed E-state index contributed by atoms with van der Waals surface area (Å²) in [6.07, 6.45) is 3.01. The van der Waals surface area contributed by atoms with Crippen LogP contribution in [0.25, 0.3) is 0 Å². The number of carbonyl (C=O) groups excluding carboxylic acids is 1. The van der Waals surface area contributed by atoms with Crippen molar-refractivity contribution in [2.24, 2.45) is 11.1 Å². The van der Waals surface area contributed by atoms with Crippen molar-refractivity contribution < 1.29 is 9.53 Å². The molecule has 1 aromatic heterocycles. The lowest BCUT2D eigenvalue weighted by atomic mass is 9.79. The Bertz CT molecular complexity index is 470. The fraction of sp³-hybridized carbons (Fsp3) is 0.615. The topological polar surface area (TPSA) is 90.1 Å². The highest BCUT2D eigenvalue weighted by molar-refractivity contribution is 5.81. The fourth-order valence-corrected chi connectivity index (χ4v) is 2.23. The van der Waals surface area contributed by atoms with Crippen LogP contribution in [0.1, 0.15) is 24.2 Å². The van der Waals surface area contributed by atoms with Gasteiger partial charge in [-0.1, -0.05) is 0 Å². The first kappa shape index (κ1) is 13.7. The van der Waals surface area contributed by atoms with Crippen molar-refractivity contribution in [3.8, 4) is 0 Å². The molecule has 1 amide bonds. The fourth-order valence-electron chi connectivity index (χ4n) is 2.23. The molecule has 19 heavy (non-hydrogen) atoms. The summed E-state index contributed by atoms with van der Waals surface area (Å²) < 4.78 is 5.31. The molecule has 0 radical (unpaired) electrons. The predicted molar refractivity (Wildman–Crippen MR) is 71.7 cm³/mol. The van der Waals surface area contributed by atoms with Crippen molar-refractivity contribution in [3.05, 3.63) is 17.6 Å². The minimum Gasteiger partial charge on any atom is -0.381 e. The molecule has 0 bridgehead atoms. The number of nitrogens with zero attached hydrogens (tertiary/aromatic N) is 2. The largest absolute Gasteiger partial charge is 0.381 e. The smallest absolute Gasteiger partial charge is 0.225 e. The molecule has 0 spiro atoms. The van der Waals surface area contributed by atoms with Crippen LogP contribution in [0.5, 0.6) is 0 Å². The number of aryl methyl sites for hydroxylation is 2. The summed E-state index contributed by atoms with van der Waals surface area (Å²) >= 11 is 0. The zero-order valence-corrected chi connectivity index (χ0v) is 11.4. The van der Waals surface area contributed by atoms with Crippen molar-refractivity contribution in [1.29, 1.82) is 0 Å². The number of hydrogen-bond donors (Lipinski definition) is 2. The van der Waals surface area contributed by atoms with Gasteiger partial charge in [0.1, 0.15) is 5.82 Å². The molecule has 2 heterocycles.